The molecule has 1 aromatic carbocycles. The average molecular weight is 256 g/mol. The lowest BCUT2D eigenvalue weighted by atomic mass is 10.1. The molecule has 0 saturated carbocycles. The summed E-state index contributed by atoms with van der Waals surface area (Å²) in [6, 6.07) is 5.58. The van der Waals surface area contributed by atoms with Crippen molar-refractivity contribution in [2.45, 2.75) is 6.92 Å². The zero-order valence-electron chi connectivity index (χ0n) is 9.20. The predicted octanol–water partition coefficient (Wildman–Crippen LogP) is 2.84. The summed E-state index contributed by atoms with van der Waals surface area (Å²) in [5, 5.41) is 0.550. The summed E-state index contributed by atoms with van der Waals surface area (Å²) in [5.41, 5.74) is 1.70. The molecule has 2 rings (SSSR count). The zero-order chi connectivity index (χ0) is 11.5. The average Bonchev–Trinajstić information content (AvgIpc) is 2.32. The van der Waals surface area contributed by atoms with Gasteiger partial charge in [-0.2, -0.15) is 11.8 Å². The second kappa shape index (κ2) is 5.11. The van der Waals surface area contributed by atoms with Crippen LogP contribution in [0, 0.1) is 6.92 Å². The van der Waals surface area contributed by atoms with Crippen LogP contribution in [0.1, 0.15) is 15.9 Å². The van der Waals surface area contributed by atoms with Crippen LogP contribution in [0.25, 0.3) is 0 Å². The summed E-state index contributed by atoms with van der Waals surface area (Å²) in [6.07, 6.45) is 0. The number of benzene rings is 1. The standard InChI is InChI=1S/C12H14ClNOS/c1-9-2-3-11(13)10(8-9)12(15)14-4-6-16-7-5-14/h2-3,8H,4-7H2,1H3. The van der Waals surface area contributed by atoms with Gasteiger partial charge in [0.2, 0.25) is 0 Å². The molecule has 16 heavy (non-hydrogen) atoms. The number of halogens is 1. The molecule has 1 aliphatic rings. The van der Waals surface area contributed by atoms with Crippen molar-refractivity contribution >= 4 is 29.3 Å². The summed E-state index contributed by atoms with van der Waals surface area (Å²) in [7, 11) is 0. The quantitative estimate of drug-likeness (QED) is 0.769. The lowest BCUT2D eigenvalue weighted by molar-refractivity contribution is 0.0772. The molecule has 2 nitrogen and oxygen atoms in total. The maximum Gasteiger partial charge on any atom is 0.255 e. The van der Waals surface area contributed by atoms with E-state index in [4.69, 9.17) is 11.6 Å². The molecule has 0 bridgehead atoms. The second-order valence-corrected chi connectivity index (χ2v) is 5.52. The lowest BCUT2D eigenvalue weighted by Crippen LogP contribution is -2.38. The van der Waals surface area contributed by atoms with E-state index in [2.05, 4.69) is 0 Å². The topological polar surface area (TPSA) is 20.3 Å². The maximum absolute atomic E-state index is 12.2. The van der Waals surface area contributed by atoms with Gasteiger partial charge in [0.25, 0.3) is 5.91 Å². The molecular formula is C12H14ClNOS. The molecule has 1 fully saturated rings. The highest BCUT2D eigenvalue weighted by Crippen LogP contribution is 2.21. The highest BCUT2D eigenvalue weighted by atomic mass is 35.5. The minimum absolute atomic E-state index is 0.0639. The summed E-state index contributed by atoms with van der Waals surface area (Å²) in [4.78, 5) is 14.1. The molecule has 0 aromatic heterocycles. The van der Waals surface area contributed by atoms with Crippen molar-refractivity contribution in [1.29, 1.82) is 0 Å². The van der Waals surface area contributed by atoms with Crippen molar-refractivity contribution in [2.75, 3.05) is 24.6 Å². The first-order valence-corrected chi connectivity index (χ1v) is 6.85. The van der Waals surface area contributed by atoms with E-state index in [-0.39, 0.29) is 5.91 Å². The molecule has 4 heteroatoms. The van der Waals surface area contributed by atoms with Crippen LogP contribution in [0.4, 0.5) is 0 Å². The number of nitrogens with zero attached hydrogens (tertiary/aromatic N) is 1. The third-order valence-electron chi connectivity index (χ3n) is 2.65. The van der Waals surface area contributed by atoms with Gasteiger partial charge in [0.1, 0.15) is 0 Å². The van der Waals surface area contributed by atoms with Crippen LogP contribution in [-0.2, 0) is 0 Å². The molecular weight excluding hydrogens is 242 g/mol. The fraction of sp³-hybridized carbons (Fsp3) is 0.417. The molecule has 86 valence electrons. The maximum atomic E-state index is 12.2. The highest BCUT2D eigenvalue weighted by Gasteiger charge is 2.20. The van der Waals surface area contributed by atoms with Gasteiger partial charge < -0.3 is 4.90 Å². The Bertz CT molecular complexity index is 402. The predicted molar refractivity (Wildman–Crippen MR) is 69.4 cm³/mol. The summed E-state index contributed by atoms with van der Waals surface area (Å²) >= 11 is 7.95. The van der Waals surface area contributed by atoms with Gasteiger partial charge in [-0.15, -0.1) is 0 Å². The van der Waals surface area contributed by atoms with Crippen LogP contribution in [0.5, 0.6) is 0 Å². The SMILES string of the molecule is Cc1ccc(Cl)c(C(=O)N2CCSCC2)c1. The van der Waals surface area contributed by atoms with Crippen LogP contribution >= 0.6 is 23.4 Å². The summed E-state index contributed by atoms with van der Waals surface area (Å²) in [6.45, 7) is 3.63. The number of amides is 1. The Labute approximate surface area is 105 Å². The van der Waals surface area contributed by atoms with E-state index in [1.54, 1.807) is 6.07 Å². The van der Waals surface area contributed by atoms with Crippen molar-refractivity contribution in [3.63, 3.8) is 0 Å². The molecule has 0 aliphatic carbocycles. The number of rotatable bonds is 1. The number of hydrogen-bond acceptors (Lipinski definition) is 2. The fourth-order valence-electron chi connectivity index (χ4n) is 1.74. The molecule has 0 atom stereocenters. The highest BCUT2D eigenvalue weighted by molar-refractivity contribution is 7.99. The number of carbonyl (C=O) groups is 1. The van der Waals surface area contributed by atoms with Crippen molar-refractivity contribution in [3.05, 3.63) is 34.3 Å². The normalized spacial score (nSPS) is 16.2. The number of aryl methyl sites for hydroxylation is 1. The molecule has 1 aromatic rings. The number of carbonyl (C=O) groups excluding carboxylic acids is 1. The Balaban J connectivity index is 2.22. The number of hydrogen-bond donors (Lipinski definition) is 0. The Morgan fingerprint density at radius 1 is 1.38 bits per heavy atom. The van der Waals surface area contributed by atoms with Gasteiger partial charge in [0.05, 0.1) is 10.6 Å². The van der Waals surface area contributed by atoms with Crippen LogP contribution in [0.3, 0.4) is 0 Å². The molecule has 1 saturated heterocycles. The van der Waals surface area contributed by atoms with Crippen molar-refractivity contribution in [2.24, 2.45) is 0 Å². The van der Waals surface area contributed by atoms with E-state index in [1.807, 2.05) is 35.7 Å². The second-order valence-electron chi connectivity index (χ2n) is 3.89. The molecule has 1 amide bonds. The monoisotopic (exact) mass is 255 g/mol. The molecule has 1 aliphatic heterocycles. The number of thioether (sulfide) groups is 1. The third kappa shape index (κ3) is 2.53. The van der Waals surface area contributed by atoms with Gasteiger partial charge in [-0.3, -0.25) is 4.79 Å². The molecule has 1 heterocycles. The van der Waals surface area contributed by atoms with E-state index in [1.165, 1.54) is 0 Å². The minimum Gasteiger partial charge on any atom is -0.337 e. The van der Waals surface area contributed by atoms with Crippen molar-refractivity contribution < 1.29 is 4.79 Å². The van der Waals surface area contributed by atoms with E-state index in [9.17, 15) is 4.79 Å². The third-order valence-corrected chi connectivity index (χ3v) is 3.92. The molecule has 0 spiro atoms. The van der Waals surface area contributed by atoms with Crippen LogP contribution in [-0.4, -0.2) is 35.4 Å². The van der Waals surface area contributed by atoms with E-state index >= 15 is 0 Å². The summed E-state index contributed by atoms with van der Waals surface area (Å²) < 4.78 is 0. The largest absolute Gasteiger partial charge is 0.337 e. The Kier molecular flexibility index (Phi) is 3.77. The lowest BCUT2D eigenvalue weighted by Gasteiger charge is -2.26. The van der Waals surface area contributed by atoms with Gasteiger partial charge in [0, 0.05) is 24.6 Å². The Morgan fingerprint density at radius 3 is 2.75 bits per heavy atom. The first-order chi connectivity index (χ1) is 7.68. The van der Waals surface area contributed by atoms with Gasteiger partial charge in [0.15, 0.2) is 0 Å². The molecule has 0 radical (unpaired) electrons. The van der Waals surface area contributed by atoms with E-state index < -0.39 is 0 Å². The smallest absolute Gasteiger partial charge is 0.255 e. The molecule has 0 unspecified atom stereocenters. The van der Waals surface area contributed by atoms with Crippen LogP contribution in [0.15, 0.2) is 18.2 Å². The zero-order valence-corrected chi connectivity index (χ0v) is 10.8. The van der Waals surface area contributed by atoms with E-state index in [0.717, 1.165) is 30.2 Å². The van der Waals surface area contributed by atoms with Crippen molar-refractivity contribution in [3.8, 4) is 0 Å². The van der Waals surface area contributed by atoms with Gasteiger partial charge >= 0.3 is 0 Å². The van der Waals surface area contributed by atoms with Gasteiger partial charge in [-0.25, -0.2) is 0 Å². The van der Waals surface area contributed by atoms with E-state index in [0.29, 0.717) is 10.6 Å². The Hall–Kier alpha value is -0.670. The minimum atomic E-state index is 0.0639. The van der Waals surface area contributed by atoms with Gasteiger partial charge in [-0.05, 0) is 19.1 Å². The van der Waals surface area contributed by atoms with Crippen LogP contribution < -0.4 is 0 Å². The summed E-state index contributed by atoms with van der Waals surface area (Å²) in [5.74, 6) is 2.11. The fourth-order valence-corrected chi connectivity index (χ4v) is 2.84. The van der Waals surface area contributed by atoms with Gasteiger partial charge in [-0.1, -0.05) is 23.2 Å². The molecule has 0 N–H and O–H groups in total. The van der Waals surface area contributed by atoms with Crippen molar-refractivity contribution in [1.82, 2.24) is 4.90 Å². The van der Waals surface area contributed by atoms with Crippen LogP contribution in [0.2, 0.25) is 5.02 Å². The first kappa shape index (κ1) is 11.8. The Morgan fingerprint density at radius 2 is 2.06 bits per heavy atom. The first-order valence-electron chi connectivity index (χ1n) is 5.31.